The largest absolute Gasteiger partial charge is 0.299 e. The average molecular weight is 192 g/mol. The van der Waals surface area contributed by atoms with Crippen molar-refractivity contribution < 1.29 is 9.18 Å². The van der Waals surface area contributed by atoms with E-state index in [4.69, 9.17) is 0 Å². The lowest BCUT2D eigenvalue weighted by Crippen LogP contribution is -2.15. The number of ketones is 1. The smallest absolute Gasteiger partial charge is 0.143 e. The Labute approximate surface area is 82.9 Å². The molecular formula is C12H13FO. The van der Waals surface area contributed by atoms with Gasteiger partial charge in [-0.15, -0.1) is 0 Å². The van der Waals surface area contributed by atoms with Crippen LogP contribution < -0.4 is 0 Å². The van der Waals surface area contributed by atoms with Gasteiger partial charge in [-0.2, -0.15) is 0 Å². The minimum atomic E-state index is -0.273. The molecule has 0 saturated heterocycles. The van der Waals surface area contributed by atoms with Crippen LogP contribution in [0.2, 0.25) is 0 Å². The van der Waals surface area contributed by atoms with Crippen LogP contribution in [0, 0.1) is 11.2 Å². The molecule has 0 aromatic heterocycles. The Balaban J connectivity index is 2.11. The van der Waals surface area contributed by atoms with Gasteiger partial charge in [0.15, 0.2) is 0 Å². The molecular weight excluding hydrogens is 179 g/mol. The fourth-order valence-corrected chi connectivity index (χ4v) is 1.49. The molecule has 0 spiro atoms. The van der Waals surface area contributed by atoms with Crippen molar-refractivity contribution in [3.8, 4) is 0 Å². The third-order valence-corrected chi connectivity index (χ3v) is 2.98. The van der Waals surface area contributed by atoms with Gasteiger partial charge in [0.2, 0.25) is 0 Å². The Bertz CT molecular complexity index is 366. The van der Waals surface area contributed by atoms with Crippen molar-refractivity contribution in [3.05, 3.63) is 35.6 Å². The van der Waals surface area contributed by atoms with E-state index in [0.29, 0.717) is 5.56 Å². The molecule has 14 heavy (non-hydrogen) atoms. The van der Waals surface area contributed by atoms with Crippen LogP contribution in [0.1, 0.15) is 25.3 Å². The lowest BCUT2D eigenvalue weighted by molar-refractivity contribution is -0.122. The zero-order chi connectivity index (χ0) is 10.2. The number of rotatable bonds is 3. The van der Waals surface area contributed by atoms with Gasteiger partial charge in [-0.25, -0.2) is 4.39 Å². The molecule has 1 aliphatic rings. The van der Waals surface area contributed by atoms with Crippen LogP contribution >= 0.6 is 0 Å². The summed E-state index contributed by atoms with van der Waals surface area (Å²) in [5, 5.41) is 0. The van der Waals surface area contributed by atoms with Crippen LogP contribution in [0.3, 0.4) is 0 Å². The summed E-state index contributed by atoms with van der Waals surface area (Å²) in [6, 6.07) is 6.49. The SMILES string of the molecule is CC1(C(=O)Cc2ccccc2F)CC1. The molecule has 1 aromatic rings. The maximum Gasteiger partial charge on any atom is 0.143 e. The molecule has 74 valence electrons. The number of halogens is 1. The van der Waals surface area contributed by atoms with Crippen LogP contribution in [0.5, 0.6) is 0 Å². The molecule has 2 heteroatoms. The topological polar surface area (TPSA) is 17.1 Å². The van der Waals surface area contributed by atoms with E-state index in [1.807, 2.05) is 6.92 Å². The summed E-state index contributed by atoms with van der Waals surface area (Å²) in [5.41, 5.74) is 0.369. The number of Topliss-reactive ketones (excluding diaryl/α,β-unsaturated/α-hetero) is 1. The van der Waals surface area contributed by atoms with Gasteiger partial charge in [-0.3, -0.25) is 4.79 Å². The van der Waals surface area contributed by atoms with E-state index in [9.17, 15) is 9.18 Å². The molecule has 0 atom stereocenters. The van der Waals surface area contributed by atoms with Gasteiger partial charge in [0.1, 0.15) is 11.6 Å². The van der Waals surface area contributed by atoms with Crippen LogP contribution in [0.15, 0.2) is 24.3 Å². The molecule has 0 N–H and O–H groups in total. The first kappa shape index (κ1) is 9.38. The van der Waals surface area contributed by atoms with E-state index in [1.54, 1.807) is 18.2 Å². The van der Waals surface area contributed by atoms with Crippen molar-refractivity contribution in [2.24, 2.45) is 5.41 Å². The maximum absolute atomic E-state index is 13.2. The van der Waals surface area contributed by atoms with Crippen molar-refractivity contribution in [2.45, 2.75) is 26.2 Å². The molecule has 0 amide bonds. The Kier molecular flexibility index (Phi) is 2.14. The van der Waals surface area contributed by atoms with E-state index in [0.717, 1.165) is 12.8 Å². The molecule has 0 radical (unpaired) electrons. The van der Waals surface area contributed by atoms with Crippen LogP contribution in [0.25, 0.3) is 0 Å². The second-order valence-corrected chi connectivity index (χ2v) is 4.25. The fraction of sp³-hybridized carbons (Fsp3) is 0.417. The van der Waals surface area contributed by atoms with E-state index in [-0.39, 0.29) is 23.4 Å². The summed E-state index contributed by atoms with van der Waals surface area (Å²) in [7, 11) is 0. The first-order chi connectivity index (χ1) is 6.62. The van der Waals surface area contributed by atoms with Gasteiger partial charge in [0.25, 0.3) is 0 Å². The van der Waals surface area contributed by atoms with Gasteiger partial charge in [-0.05, 0) is 24.5 Å². The fourth-order valence-electron chi connectivity index (χ4n) is 1.49. The first-order valence-corrected chi connectivity index (χ1v) is 4.88. The number of hydrogen-bond acceptors (Lipinski definition) is 1. The quantitative estimate of drug-likeness (QED) is 0.719. The number of carbonyl (C=O) groups is 1. The molecule has 2 rings (SSSR count). The summed E-state index contributed by atoms with van der Waals surface area (Å²) in [6.07, 6.45) is 2.16. The van der Waals surface area contributed by atoms with Gasteiger partial charge < -0.3 is 0 Å². The highest BCUT2D eigenvalue weighted by Gasteiger charge is 2.44. The predicted molar refractivity (Wildman–Crippen MR) is 52.5 cm³/mol. The van der Waals surface area contributed by atoms with E-state index < -0.39 is 0 Å². The Morgan fingerprint density at radius 2 is 2.07 bits per heavy atom. The zero-order valence-electron chi connectivity index (χ0n) is 8.22. The van der Waals surface area contributed by atoms with Crippen LogP contribution in [-0.2, 0) is 11.2 Å². The summed E-state index contributed by atoms with van der Waals surface area (Å²) in [6.45, 7) is 1.95. The average Bonchev–Trinajstić information content (AvgIpc) is 2.89. The minimum Gasteiger partial charge on any atom is -0.299 e. The second-order valence-electron chi connectivity index (χ2n) is 4.25. The molecule has 1 saturated carbocycles. The maximum atomic E-state index is 13.2. The molecule has 0 bridgehead atoms. The molecule has 1 aliphatic carbocycles. The van der Waals surface area contributed by atoms with Crippen LogP contribution in [0.4, 0.5) is 4.39 Å². The summed E-state index contributed by atoms with van der Waals surface area (Å²) in [5.74, 6) is -0.104. The third-order valence-electron chi connectivity index (χ3n) is 2.98. The lowest BCUT2D eigenvalue weighted by atomic mass is 9.97. The summed E-state index contributed by atoms with van der Waals surface area (Å²) < 4.78 is 13.2. The number of hydrogen-bond donors (Lipinski definition) is 0. The van der Waals surface area contributed by atoms with Gasteiger partial charge in [-0.1, -0.05) is 25.1 Å². The molecule has 0 unspecified atom stereocenters. The normalized spacial score (nSPS) is 17.9. The van der Waals surface area contributed by atoms with E-state index in [2.05, 4.69) is 0 Å². The highest BCUT2D eigenvalue weighted by molar-refractivity contribution is 5.88. The van der Waals surface area contributed by atoms with Crippen molar-refractivity contribution in [3.63, 3.8) is 0 Å². The van der Waals surface area contributed by atoms with Crippen molar-refractivity contribution >= 4 is 5.78 Å². The first-order valence-electron chi connectivity index (χ1n) is 4.88. The zero-order valence-corrected chi connectivity index (χ0v) is 8.22. The van der Waals surface area contributed by atoms with E-state index in [1.165, 1.54) is 6.07 Å². The third kappa shape index (κ3) is 1.69. The number of carbonyl (C=O) groups excluding carboxylic acids is 1. The highest BCUT2D eigenvalue weighted by atomic mass is 19.1. The van der Waals surface area contributed by atoms with Gasteiger partial charge >= 0.3 is 0 Å². The minimum absolute atomic E-state index is 0.151. The van der Waals surface area contributed by atoms with Crippen molar-refractivity contribution in [1.29, 1.82) is 0 Å². The molecule has 1 aromatic carbocycles. The van der Waals surface area contributed by atoms with E-state index >= 15 is 0 Å². The monoisotopic (exact) mass is 192 g/mol. The molecule has 1 nitrogen and oxygen atoms in total. The van der Waals surface area contributed by atoms with Gasteiger partial charge in [0.05, 0.1) is 0 Å². The summed E-state index contributed by atoms with van der Waals surface area (Å²) >= 11 is 0. The molecule has 1 fully saturated rings. The standard InChI is InChI=1S/C12H13FO/c1-12(6-7-12)11(14)8-9-4-2-3-5-10(9)13/h2-5H,6-8H2,1H3. The highest BCUT2D eigenvalue weighted by Crippen LogP contribution is 2.46. The summed E-state index contributed by atoms with van der Waals surface area (Å²) in [4.78, 5) is 11.7. The van der Waals surface area contributed by atoms with Crippen LogP contribution in [-0.4, -0.2) is 5.78 Å². The Hall–Kier alpha value is -1.18. The molecule has 0 heterocycles. The molecule has 0 aliphatic heterocycles. The van der Waals surface area contributed by atoms with Crippen molar-refractivity contribution in [2.75, 3.05) is 0 Å². The Morgan fingerprint density at radius 3 is 2.64 bits per heavy atom. The Morgan fingerprint density at radius 1 is 1.43 bits per heavy atom. The predicted octanol–water partition coefficient (Wildman–Crippen LogP) is 2.74. The second kappa shape index (κ2) is 3.19. The van der Waals surface area contributed by atoms with Gasteiger partial charge in [0, 0.05) is 11.8 Å². The number of benzene rings is 1. The van der Waals surface area contributed by atoms with Crippen molar-refractivity contribution in [1.82, 2.24) is 0 Å². The lowest BCUT2D eigenvalue weighted by Gasteiger charge is -2.07.